The topological polar surface area (TPSA) is 75.4 Å². The van der Waals surface area contributed by atoms with E-state index < -0.39 is 17.4 Å². The minimum atomic E-state index is -0.964. The van der Waals surface area contributed by atoms with E-state index in [1.165, 1.54) is 6.07 Å². The van der Waals surface area contributed by atoms with Crippen LogP contribution in [-0.2, 0) is 4.79 Å². The Morgan fingerprint density at radius 1 is 1.16 bits per heavy atom. The number of urea groups is 1. The van der Waals surface area contributed by atoms with Crippen LogP contribution in [0.4, 0.5) is 14.9 Å². The average molecular weight is 339 g/mol. The molecule has 0 unspecified atom stereocenters. The fraction of sp³-hybridized carbons (Fsp3) is 0.167. The summed E-state index contributed by atoms with van der Waals surface area (Å²) in [5.41, 5.74) is 0.536. The summed E-state index contributed by atoms with van der Waals surface area (Å²) in [7, 11) is 0. The Hall–Kier alpha value is -3.22. The maximum Gasteiger partial charge on any atom is 0.329 e. The Balaban J connectivity index is 1.78. The van der Waals surface area contributed by atoms with Crippen LogP contribution >= 0.6 is 0 Å². The van der Waals surface area contributed by atoms with Gasteiger partial charge in [0.25, 0.3) is 5.91 Å². The number of aromatic nitrogens is 1. The van der Waals surface area contributed by atoms with Crippen molar-refractivity contribution in [2.24, 2.45) is 0 Å². The first kappa shape index (κ1) is 15.3. The monoisotopic (exact) mass is 339 g/mol. The Labute approximate surface area is 142 Å². The Morgan fingerprint density at radius 2 is 1.92 bits per heavy atom. The second kappa shape index (κ2) is 5.14. The lowest BCUT2D eigenvalue weighted by Crippen LogP contribution is -2.40. The van der Waals surface area contributed by atoms with Gasteiger partial charge in [-0.15, -0.1) is 0 Å². The third-order valence-electron chi connectivity index (χ3n) is 4.09. The van der Waals surface area contributed by atoms with Crippen molar-refractivity contribution in [2.75, 3.05) is 4.90 Å². The fourth-order valence-electron chi connectivity index (χ4n) is 2.79. The van der Waals surface area contributed by atoms with E-state index in [9.17, 15) is 14.0 Å². The number of rotatable bonds is 2. The third kappa shape index (κ3) is 2.36. The largest absolute Gasteiger partial charge is 0.436 e. The summed E-state index contributed by atoms with van der Waals surface area (Å²) in [4.78, 5) is 29.9. The molecule has 0 radical (unpaired) electrons. The molecular formula is C18H14FN3O3. The molecule has 1 N–H and O–H groups in total. The normalized spacial score (nSPS) is 16.5. The molecule has 1 aromatic heterocycles. The zero-order valence-electron chi connectivity index (χ0n) is 13.5. The van der Waals surface area contributed by atoms with E-state index in [1.54, 1.807) is 50.2 Å². The van der Waals surface area contributed by atoms with Crippen molar-refractivity contribution in [2.45, 2.75) is 19.4 Å². The zero-order chi connectivity index (χ0) is 17.8. The molecular weight excluding hydrogens is 325 g/mol. The number of benzene rings is 2. The summed E-state index contributed by atoms with van der Waals surface area (Å²) in [6.07, 6.45) is 0. The molecule has 1 saturated heterocycles. The number of oxazole rings is 1. The molecule has 6 nitrogen and oxygen atoms in total. The number of anilines is 1. The van der Waals surface area contributed by atoms with Gasteiger partial charge in [0.15, 0.2) is 5.58 Å². The molecule has 25 heavy (non-hydrogen) atoms. The molecule has 0 atom stereocenters. The van der Waals surface area contributed by atoms with Crippen LogP contribution < -0.4 is 10.2 Å². The molecule has 0 spiro atoms. The van der Waals surface area contributed by atoms with Gasteiger partial charge in [-0.3, -0.25) is 4.79 Å². The quantitative estimate of drug-likeness (QED) is 0.726. The van der Waals surface area contributed by atoms with Gasteiger partial charge in [-0.05, 0) is 44.2 Å². The lowest BCUT2D eigenvalue weighted by molar-refractivity contribution is -0.121. The van der Waals surface area contributed by atoms with Gasteiger partial charge in [0.1, 0.15) is 16.9 Å². The van der Waals surface area contributed by atoms with Crippen molar-refractivity contribution < 1.29 is 18.4 Å². The van der Waals surface area contributed by atoms with Crippen LogP contribution in [0.25, 0.3) is 22.6 Å². The maximum absolute atomic E-state index is 13.9. The number of halogens is 1. The SMILES string of the molecule is CC1(C)NC(=O)N(c2ccc3oc(-c4ccccc4F)nc3c2)C1=O. The second-order valence-corrected chi connectivity index (χ2v) is 6.35. The van der Waals surface area contributed by atoms with Crippen LogP contribution in [0.15, 0.2) is 46.9 Å². The van der Waals surface area contributed by atoms with Gasteiger partial charge in [0.05, 0.1) is 11.3 Å². The Kier molecular flexibility index (Phi) is 3.15. The van der Waals surface area contributed by atoms with Gasteiger partial charge in [0, 0.05) is 0 Å². The van der Waals surface area contributed by atoms with E-state index in [2.05, 4.69) is 10.3 Å². The van der Waals surface area contributed by atoms with Crippen molar-refractivity contribution in [3.8, 4) is 11.5 Å². The number of nitrogens with one attached hydrogen (secondary N) is 1. The minimum absolute atomic E-state index is 0.141. The molecule has 1 fully saturated rings. The first-order valence-electron chi connectivity index (χ1n) is 7.69. The van der Waals surface area contributed by atoms with Crippen LogP contribution in [0.5, 0.6) is 0 Å². The summed E-state index contributed by atoms with van der Waals surface area (Å²) in [6.45, 7) is 3.27. The van der Waals surface area contributed by atoms with Gasteiger partial charge in [0.2, 0.25) is 5.89 Å². The van der Waals surface area contributed by atoms with Crippen molar-refractivity contribution >= 4 is 28.7 Å². The molecule has 126 valence electrons. The number of nitrogens with zero attached hydrogens (tertiary/aromatic N) is 2. The molecule has 4 rings (SSSR count). The predicted octanol–water partition coefficient (Wildman–Crippen LogP) is 3.47. The number of hydrogen-bond acceptors (Lipinski definition) is 4. The van der Waals surface area contributed by atoms with Gasteiger partial charge in [-0.2, -0.15) is 0 Å². The molecule has 1 aliphatic heterocycles. The smallest absolute Gasteiger partial charge is 0.329 e. The van der Waals surface area contributed by atoms with E-state index in [-0.39, 0.29) is 17.4 Å². The van der Waals surface area contributed by atoms with Crippen LogP contribution in [0.1, 0.15) is 13.8 Å². The molecule has 3 amide bonds. The highest BCUT2D eigenvalue weighted by atomic mass is 19.1. The molecule has 7 heteroatoms. The van der Waals surface area contributed by atoms with E-state index >= 15 is 0 Å². The van der Waals surface area contributed by atoms with E-state index in [4.69, 9.17) is 4.42 Å². The van der Waals surface area contributed by atoms with Gasteiger partial charge in [-0.25, -0.2) is 19.1 Å². The van der Waals surface area contributed by atoms with E-state index in [0.29, 0.717) is 16.8 Å². The van der Waals surface area contributed by atoms with Crippen molar-refractivity contribution in [1.82, 2.24) is 10.3 Å². The van der Waals surface area contributed by atoms with Gasteiger partial charge in [-0.1, -0.05) is 12.1 Å². The van der Waals surface area contributed by atoms with Crippen molar-refractivity contribution in [1.29, 1.82) is 0 Å². The zero-order valence-corrected chi connectivity index (χ0v) is 13.5. The van der Waals surface area contributed by atoms with Crippen LogP contribution in [0, 0.1) is 5.82 Å². The number of imide groups is 1. The molecule has 0 bridgehead atoms. The molecule has 3 aromatic rings. The van der Waals surface area contributed by atoms with E-state index in [0.717, 1.165) is 4.90 Å². The highest BCUT2D eigenvalue weighted by Crippen LogP contribution is 2.31. The lowest BCUT2D eigenvalue weighted by Gasteiger charge is -2.15. The predicted molar refractivity (Wildman–Crippen MR) is 89.5 cm³/mol. The summed E-state index contributed by atoms with van der Waals surface area (Å²) < 4.78 is 19.5. The number of hydrogen-bond donors (Lipinski definition) is 1. The first-order valence-corrected chi connectivity index (χ1v) is 7.69. The second-order valence-electron chi connectivity index (χ2n) is 6.35. The van der Waals surface area contributed by atoms with Crippen molar-refractivity contribution in [3.05, 3.63) is 48.3 Å². The lowest BCUT2D eigenvalue weighted by atomic mass is 10.1. The highest BCUT2D eigenvalue weighted by Gasteiger charge is 2.45. The third-order valence-corrected chi connectivity index (χ3v) is 4.09. The van der Waals surface area contributed by atoms with Crippen LogP contribution in [0.3, 0.4) is 0 Å². The Morgan fingerprint density at radius 3 is 2.60 bits per heavy atom. The van der Waals surface area contributed by atoms with Crippen molar-refractivity contribution in [3.63, 3.8) is 0 Å². The number of carbonyl (C=O) groups is 2. The molecule has 1 aliphatic rings. The van der Waals surface area contributed by atoms with Crippen LogP contribution in [0.2, 0.25) is 0 Å². The molecule has 2 heterocycles. The van der Waals surface area contributed by atoms with Gasteiger partial charge < -0.3 is 9.73 Å². The maximum atomic E-state index is 13.9. The molecule has 0 saturated carbocycles. The molecule has 0 aliphatic carbocycles. The number of amides is 3. The summed E-state index contributed by atoms with van der Waals surface area (Å²) in [6, 6.07) is 10.4. The van der Waals surface area contributed by atoms with Crippen LogP contribution in [-0.4, -0.2) is 22.5 Å². The number of fused-ring (bicyclic) bond motifs is 1. The fourth-order valence-corrected chi connectivity index (χ4v) is 2.79. The highest BCUT2D eigenvalue weighted by molar-refractivity contribution is 6.23. The van der Waals surface area contributed by atoms with Gasteiger partial charge >= 0.3 is 6.03 Å². The summed E-state index contributed by atoms with van der Waals surface area (Å²) >= 11 is 0. The first-order chi connectivity index (χ1) is 11.9. The van der Waals surface area contributed by atoms with E-state index in [1.807, 2.05) is 0 Å². The summed E-state index contributed by atoms with van der Waals surface area (Å²) in [5.74, 6) is -0.650. The summed E-state index contributed by atoms with van der Waals surface area (Å²) in [5, 5.41) is 2.62. The average Bonchev–Trinajstić information content (AvgIpc) is 3.05. The molecule has 2 aromatic carbocycles. The Bertz CT molecular complexity index is 1030. The number of carbonyl (C=O) groups excluding carboxylic acids is 2. The standard InChI is InChI=1S/C18H14FN3O3/c1-18(2)16(23)22(17(24)21-18)10-7-8-14-13(9-10)20-15(25-14)11-5-3-4-6-12(11)19/h3-9H,1-2H3,(H,21,24). The minimum Gasteiger partial charge on any atom is -0.436 e.